The molecule has 0 bridgehead atoms. The third-order valence-electron chi connectivity index (χ3n) is 4.23. The van der Waals surface area contributed by atoms with Crippen LogP contribution in [0.3, 0.4) is 0 Å². The maximum Gasteiger partial charge on any atom is 0.261 e. The molecule has 0 spiro atoms. The summed E-state index contributed by atoms with van der Waals surface area (Å²) in [6, 6.07) is 13.4. The Balaban J connectivity index is 1.98. The van der Waals surface area contributed by atoms with Crippen LogP contribution in [0.4, 0.5) is 0 Å². The second-order valence-electron chi connectivity index (χ2n) is 6.14. The van der Waals surface area contributed by atoms with E-state index in [1.165, 1.54) is 0 Å². The van der Waals surface area contributed by atoms with Gasteiger partial charge in [0, 0.05) is 17.7 Å². The lowest BCUT2D eigenvalue weighted by molar-refractivity contribution is 0.0937. The second kappa shape index (κ2) is 8.33. The molecule has 140 valence electrons. The second-order valence-corrected chi connectivity index (χ2v) is 6.58. The molecule has 1 heterocycles. The lowest BCUT2D eigenvalue weighted by Gasteiger charge is -2.19. The highest BCUT2D eigenvalue weighted by molar-refractivity contribution is 6.30. The Morgan fingerprint density at radius 2 is 2.04 bits per heavy atom. The van der Waals surface area contributed by atoms with Crippen LogP contribution in [0.25, 0.3) is 10.9 Å². The molecular weight excluding hydrogens is 366 g/mol. The fraction of sp³-hybridized carbons (Fsp3) is 0.250. The molecule has 27 heavy (non-hydrogen) atoms. The Morgan fingerprint density at radius 1 is 1.26 bits per heavy atom. The van der Waals surface area contributed by atoms with Crippen molar-refractivity contribution in [3.63, 3.8) is 0 Å². The topological polar surface area (TPSA) is 73.2 Å². The van der Waals surface area contributed by atoms with E-state index in [-0.39, 0.29) is 11.5 Å². The first-order valence-corrected chi connectivity index (χ1v) is 8.94. The number of carbonyl (C=O) groups excluding carboxylic acids is 1. The monoisotopic (exact) mass is 385 g/mol. The van der Waals surface area contributed by atoms with E-state index in [1.54, 1.807) is 61.1 Å². The summed E-state index contributed by atoms with van der Waals surface area (Å²) in [4.78, 5) is 30.1. The van der Waals surface area contributed by atoms with Crippen molar-refractivity contribution in [2.24, 2.45) is 0 Å². The molecule has 0 unspecified atom stereocenters. The van der Waals surface area contributed by atoms with Crippen molar-refractivity contribution in [1.82, 2.24) is 14.9 Å². The summed E-state index contributed by atoms with van der Waals surface area (Å²) in [7, 11) is 1.57. The van der Waals surface area contributed by atoms with E-state index in [9.17, 15) is 9.59 Å². The summed E-state index contributed by atoms with van der Waals surface area (Å²) in [5.41, 5.74) is 0.882. The van der Waals surface area contributed by atoms with Gasteiger partial charge in [0.2, 0.25) is 0 Å². The molecule has 1 aromatic heterocycles. The molecule has 0 aliphatic rings. The normalized spacial score (nSPS) is 12.1. The van der Waals surface area contributed by atoms with Gasteiger partial charge < -0.3 is 10.1 Å². The molecule has 0 radical (unpaired) electrons. The molecule has 3 aromatic rings. The van der Waals surface area contributed by atoms with Crippen molar-refractivity contribution in [3.05, 3.63) is 75.3 Å². The molecule has 1 N–H and O–H groups in total. The zero-order valence-electron chi connectivity index (χ0n) is 15.1. The molecule has 1 atom stereocenters. The minimum atomic E-state index is -0.481. The third kappa shape index (κ3) is 4.18. The minimum absolute atomic E-state index is 0.156. The van der Waals surface area contributed by atoms with Gasteiger partial charge in [-0.1, -0.05) is 29.8 Å². The number of hydrogen-bond acceptors (Lipinski definition) is 4. The van der Waals surface area contributed by atoms with Gasteiger partial charge in [-0.05, 0) is 37.3 Å². The standard InChI is InChI=1S/C20H20ClN3O3/c1-13(22-19(25)14-6-5-7-15(21)12-14)18-23-17-9-4-3-8-16(17)20(26)24(18)10-11-27-2/h3-9,12-13H,10-11H2,1-2H3,(H,22,25)/t13-/m1/s1. The number of ether oxygens (including phenoxy) is 1. The number of rotatable bonds is 6. The highest BCUT2D eigenvalue weighted by atomic mass is 35.5. The van der Waals surface area contributed by atoms with E-state index in [4.69, 9.17) is 16.3 Å². The van der Waals surface area contributed by atoms with Crippen LogP contribution in [0.15, 0.2) is 53.3 Å². The maximum absolute atomic E-state index is 12.9. The fourth-order valence-corrected chi connectivity index (χ4v) is 3.08. The third-order valence-corrected chi connectivity index (χ3v) is 4.47. The van der Waals surface area contributed by atoms with Crippen LogP contribution in [0.2, 0.25) is 5.02 Å². The van der Waals surface area contributed by atoms with Crippen molar-refractivity contribution in [3.8, 4) is 0 Å². The Hall–Kier alpha value is -2.70. The van der Waals surface area contributed by atoms with E-state index >= 15 is 0 Å². The number of halogens is 1. The smallest absolute Gasteiger partial charge is 0.261 e. The van der Waals surface area contributed by atoms with E-state index in [0.717, 1.165) is 0 Å². The lowest BCUT2D eigenvalue weighted by Crippen LogP contribution is -2.34. The number of nitrogens with one attached hydrogen (secondary N) is 1. The Labute approximate surface area is 161 Å². The first kappa shape index (κ1) is 19.1. The van der Waals surface area contributed by atoms with Crippen LogP contribution < -0.4 is 10.9 Å². The number of hydrogen-bond donors (Lipinski definition) is 1. The SMILES string of the molecule is COCCn1c([C@@H](C)NC(=O)c2cccc(Cl)c2)nc2ccccc2c1=O. The summed E-state index contributed by atoms with van der Waals surface area (Å²) in [5.74, 6) is 0.192. The summed E-state index contributed by atoms with van der Waals surface area (Å²) >= 11 is 5.96. The summed E-state index contributed by atoms with van der Waals surface area (Å²) in [6.45, 7) is 2.50. The Morgan fingerprint density at radius 3 is 2.78 bits per heavy atom. The Kier molecular flexibility index (Phi) is 5.88. The van der Waals surface area contributed by atoms with E-state index in [2.05, 4.69) is 10.3 Å². The van der Waals surface area contributed by atoms with Crippen molar-refractivity contribution in [1.29, 1.82) is 0 Å². The highest BCUT2D eigenvalue weighted by Gasteiger charge is 2.19. The van der Waals surface area contributed by atoms with Gasteiger partial charge in [0.1, 0.15) is 5.82 Å². The van der Waals surface area contributed by atoms with E-state index in [1.807, 2.05) is 6.07 Å². The molecule has 0 saturated heterocycles. The van der Waals surface area contributed by atoms with Crippen LogP contribution in [-0.2, 0) is 11.3 Å². The van der Waals surface area contributed by atoms with E-state index in [0.29, 0.717) is 40.5 Å². The number of aromatic nitrogens is 2. The predicted octanol–water partition coefficient (Wildman–Crippen LogP) is 3.19. The molecule has 0 fully saturated rings. The number of benzene rings is 2. The van der Waals surface area contributed by atoms with Crippen LogP contribution in [0.5, 0.6) is 0 Å². The van der Waals surface area contributed by atoms with Crippen molar-refractivity contribution < 1.29 is 9.53 Å². The molecule has 6 nitrogen and oxygen atoms in total. The number of para-hydroxylation sites is 1. The molecule has 3 rings (SSSR count). The van der Waals surface area contributed by atoms with Gasteiger partial charge in [0.25, 0.3) is 11.5 Å². The summed E-state index contributed by atoms with van der Waals surface area (Å²) < 4.78 is 6.67. The first-order valence-electron chi connectivity index (χ1n) is 8.56. The lowest BCUT2D eigenvalue weighted by atomic mass is 10.2. The zero-order chi connectivity index (χ0) is 19.4. The molecule has 0 saturated carbocycles. The van der Waals surface area contributed by atoms with Crippen LogP contribution in [0.1, 0.15) is 29.1 Å². The predicted molar refractivity (Wildman–Crippen MR) is 105 cm³/mol. The van der Waals surface area contributed by atoms with Gasteiger partial charge >= 0.3 is 0 Å². The quantitative estimate of drug-likeness (QED) is 0.707. The zero-order valence-corrected chi connectivity index (χ0v) is 15.9. The molecule has 7 heteroatoms. The van der Waals surface area contributed by atoms with Crippen LogP contribution in [0, 0.1) is 0 Å². The average molecular weight is 386 g/mol. The highest BCUT2D eigenvalue weighted by Crippen LogP contribution is 2.16. The van der Waals surface area contributed by atoms with Gasteiger partial charge in [-0.25, -0.2) is 4.98 Å². The largest absolute Gasteiger partial charge is 0.383 e. The van der Waals surface area contributed by atoms with Crippen molar-refractivity contribution in [2.75, 3.05) is 13.7 Å². The number of carbonyl (C=O) groups is 1. The number of nitrogens with zero attached hydrogens (tertiary/aromatic N) is 2. The Bertz CT molecular complexity index is 1030. The van der Waals surface area contributed by atoms with Gasteiger partial charge in [-0.3, -0.25) is 14.2 Å². The molecular formula is C20H20ClN3O3. The van der Waals surface area contributed by atoms with Crippen LogP contribution in [-0.4, -0.2) is 29.2 Å². The number of methoxy groups -OCH3 is 1. The maximum atomic E-state index is 12.9. The summed E-state index contributed by atoms with van der Waals surface area (Å²) in [5, 5.41) is 3.90. The number of amides is 1. The molecule has 0 aliphatic heterocycles. The van der Waals surface area contributed by atoms with Gasteiger partial charge in [-0.2, -0.15) is 0 Å². The first-order chi connectivity index (χ1) is 13.0. The summed E-state index contributed by atoms with van der Waals surface area (Å²) in [6.07, 6.45) is 0. The van der Waals surface area contributed by atoms with Crippen LogP contribution >= 0.6 is 11.6 Å². The van der Waals surface area contributed by atoms with Crippen molar-refractivity contribution >= 4 is 28.4 Å². The molecule has 2 aromatic carbocycles. The fourth-order valence-electron chi connectivity index (χ4n) is 2.89. The average Bonchev–Trinajstić information content (AvgIpc) is 2.67. The minimum Gasteiger partial charge on any atom is -0.383 e. The van der Waals surface area contributed by atoms with E-state index < -0.39 is 6.04 Å². The molecule has 0 aliphatic carbocycles. The van der Waals surface area contributed by atoms with Gasteiger partial charge in [-0.15, -0.1) is 0 Å². The van der Waals surface area contributed by atoms with Gasteiger partial charge in [0.05, 0.1) is 30.1 Å². The van der Waals surface area contributed by atoms with Crippen molar-refractivity contribution in [2.45, 2.75) is 19.5 Å². The van der Waals surface area contributed by atoms with Gasteiger partial charge in [0.15, 0.2) is 0 Å². The molecule has 1 amide bonds. The number of fused-ring (bicyclic) bond motifs is 1.